The molecular formula is C14H25N5O. The number of nitrogens with zero attached hydrogens (tertiary/aromatic N) is 4. The lowest BCUT2D eigenvalue weighted by Gasteiger charge is -2.34. The Morgan fingerprint density at radius 3 is 2.85 bits per heavy atom. The summed E-state index contributed by atoms with van der Waals surface area (Å²) in [6, 6.07) is 0.527. The van der Waals surface area contributed by atoms with Crippen molar-refractivity contribution in [3.8, 4) is 0 Å². The fourth-order valence-corrected chi connectivity index (χ4v) is 2.64. The summed E-state index contributed by atoms with van der Waals surface area (Å²) >= 11 is 0. The van der Waals surface area contributed by atoms with Crippen molar-refractivity contribution in [2.24, 2.45) is 5.92 Å². The molecule has 6 nitrogen and oxygen atoms in total. The topological polar surface area (TPSA) is 63.1 Å². The highest BCUT2D eigenvalue weighted by molar-refractivity contribution is 5.78. The number of aryl methyl sites for hydroxylation is 1. The molecule has 1 N–H and O–H groups in total. The first-order valence-corrected chi connectivity index (χ1v) is 7.51. The third-order valence-corrected chi connectivity index (χ3v) is 3.91. The van der Waals surface area contributed by atoms with Gasteiger partial charge in [0.1, 0.15) is 12.7 Å². The lowest BCUT2D eigenvalue weighted by Crippen LogP contribution is -2.45. The number of hydrogen-bond acceptors (Lipinski definition) is 4. The zero-order chi connectivity index (χ0) is 14.4. The average molecular weight is 279 g/mol. The highest BCUT2D eigenvalue weighted by Gasteiger charge is 2.26. The van der Waals surface area contributed by atoms with E-state index in [-0.39, 0.29) is 11.8 Å². The van der Waals surface area contributed by atoms with Gasteiger partial charge < -0.3 is 14.8 Å². The predicted octanol–water partition coefficient (Wildman–Crippen LogP) is 0.905. The molecule has 0 spiro atoms. The molecule has 1 saturated heterocycles. The number of aromatic nitrogens is 3. The summed E-state index contributed by atoms with van der Waals surface area (Å²) in [6.07, 6.45) is 6.44. The van der Waals surface area contributed by atoms with Gasteiger partial charge in [-0.15, -0.1) is 10.2 Å². The van der Waals surface area contributed by atoms with Crippen molar-refractivity contribution in [2.75, 3.05) is 19.6 Å². The summed E-state index contributed by atoms with van der Waals surface area (Å²) < 4.78 is 1.92. The zero-order valence-corrected chi connectivity index (χ0v) is 12.5. The number of carbonyl (C=O) groups is 1. The number of piperidine rings is 1. The van der Waals surface area contributed by atoms with E-state index in [1.165, 1.54) is 0 Å². The Bertz CT molecular complexity index is 404. The normalized spacial score (nSPS) is 20.2. The van der Waals surface area contributed by atoms with Gasteiger partial charge in [-0.25, -0.2) is 0 Å². The van der Waals surface area contributed by atoms with E-state index >= 15 is 0 Å². The third kappa shape index (κ3) is 4.30. The minimum atomic E-state index is 0.154. The Morgan fingerprint density at radius 1 is 1.40 bits per heavy atom. The van der Waals surface area contributed by atoms with Crippen LogP contribution in [0.3, 0.4) is 0 Å². The summed E-state index contributed by atoms with van der Waals surface area (Å²) in [7, 11) is 0. The number of rotatable bonds is 6. The number of carbonyl (C=O) groups excluding carboxylic acids is 1. The molecule has 0 aliphatic carbocycles. The Balaban J connectivity index is 1.66. The van der Waals surface area contributed by atoms with Crippen molar-refractivity contribution in [1.29, 1.82) is 0 Å². The smallest absolute Gasteiger partial charge is 0.224 e. The Morgan fingerprint density at radius 2 is 2.15 bits per heavy atom. The van der Waals surface area contributed by atoms with Crippen molar-refractivity contribution in [3.63, 3.8) is 0 Å². The van der Waals surface area contributed by atoms with Crippen LogP contribution in [0.5, 0.6) is 0 Å². The van der Waals surface area contributed by atoms with Gasteiger partial charge in [0.25, 0.3) is 0 Å². The summed E-state index contributed by atoms with van der Waals surface area (Å²) in [4.78, 5) is 14.6. The van der Waals surface area contributed by atoms with Gasteiger partial charge in [0.2, 0.25) is 5.91 Å². The van der Waals surface area contributed by atoms with Crippen molar-refractivity contribution in [1.82, 2.24) is 25.0 Å². The van der Waals surface area contributed by atoms with Gasteiger partial charge >= 0.3 is 0 Å². The molecule has 1 fully saturated rings. The molecule has 1 aromatic heterocycles. The summed E-state index contributed by atoms with van der Waals surface area (Å²) in [6.45, 7) is 7.97. The molecule has 1 aliphatic heterocycles. The van der Waals surface area contributed by atoms with Crippen molar-refractivity contribution in [2.45, 2.75) is 45.7 Å². The predicted molar refractivity (Wildman–Crippen MR) is 77.1 cm³/mol. The minimum Gasteiger partial charge on any atom is -0.356 e. The summed E-state index contributed by atoms with van der Waals surface area (Å²) in [5, 5.41) is 10.6. The van der Waals surface area contributed by atoms with Crippen molar-refractivity contribution in [3.05, 3.63) is 12.7 Å². The second-order valence-corrected chi connectivity index (χ2v) is 5.77. The molecule has 2 rings (SSSR count). The van der Waals surface area contributed by atoms with Crippen LogP contribution in [0.25, 0.3) is 0 Å². The van der Waals surface area contributed by atoms with Crippen LogP contribution in [0.2, 0.25) is 0 Å². The van der Waals surface area contributed by atoms with Gasteiger partial charge in [-0.1, -0.05) is 0 Å². The molecule has 1 aliphatic rings. The van der Waals surface area contributed by atoms with Crippen LogP contribution in [0.4, 0.5) is 0 Å². The molecule has 1 amide bonds. The van der Waals surface area contributed by atoms with Gasteiger partial charge in [-0.3, -0.25) is 4.79 Å². The number of nitrogens with one attached hydrogen (secondary N) is 1. The second-order valence-electron chi connectivity index (χ2n) is 5.77. The standard InChI is InChI=1S/C14H25N5O/c1-12(2)19-8-3-5-13(9-19)14(20)15-6-4-7-18-10-16-17-11-18/h10-13H,3-9H2,1-2H3,(H,15,20)/t13-/m1/s1. The monoisotopic (exact) mass is 279 g/mol. The number of amides is 1. The van der Waals surface area contributed by atoms with Crippen LogP contribution in [-0.2, 0) is 11.3 Å². The van der Waals surface area contributed by atoms with Gasteiger partial charge in [-0.05, 0) is 39.7 Å². The maximum atomic E-state index is 12.2. The molecule has 0 unspecified atom stereocenters. The van der Waals surface area contributed by atoms with Crippen LogP contribution in [0.15, 0.2) is 12.7 Å². The second kappa shape index (κ2) is 7.38. The Labute approximate surface area is 120 Å². The van der Waals surface area contributed by atoms with E-state index in [0.717, 1.165) is 45.4 Å². The van der Waals surface area contributed by atoms with Gasteiger partial charge in [0.15, 0.2) is 0 Å². The van der Waals surface area contributed by atoms with E-state index in [2.05, 4.69) is 34.3 Å². The van der Waals surface area contributed by atoms with Gasteiger partial charge in [0.05, 0.1) is 5.92 Å². The van der Waals surface area contributed by atoms with E-state index in [9.17, 15) is 4.79 Å². The van der Waals surface area contributed by atoms with Crippen LogP contribution >= 0.6 is 0 Å². The Kier molecular flexibility index (Phi) is 5.52. The highest BCUT2D eigenvalue weighted by Crippen LogP contribution is 2.18. The third-order valence-electron chi connectivity index (χ3n) is 3.91. The van der Waals surface area contributed by atoms with Crippen molar-refractivity contribution >= 4 is 5.91 Å². The molecule has 0 radical (unpaired) electrons. The van der Waals surface area contributed by atoms with Crippen LogP contribution in [-0.4, -0.2) is 51.2 Å². The number of likely N-dealkylation sites (tertiary alicyclic amines) is 1. The Hall–Kier alpha value is -1.43. The maximum Gasteiger partial charge on any atom is 0.224 e. The molecule has 1 atom stereocenters. The van der Waals surface area contributed by atoms with E-state index in [1.54, 1.807) is 12.7 Å². The fraction of sp³-hybridized carbons (Fsp3) is 0.786. The van der Waals surface area contributed by atoms with E-state index in [0.29, 0.717) is 6.04 Å². The van der Waals surface area contributed by atoms with Crippen LogP contribution in [0, 0.1) is 5.92 Å². The van der Waals surface area contributed by atoms with Crippen LogP contribution in [0.1, 0.15) is 33.1 Å². The van der Waals surface area contributed by atoms with Crippen molar-refractivity contribution < 1.29 is 4.79 Å². The molecule has 1 aromatic rings. The first-order chi connectivity index (χ1) is 9.66. The lowest BCUT2D eigenvalue weighted by atomic mass is 9.96. The average Bonchev–Trinajstić information content (AvgIpc) is 2.96. The van der Waals surface area contributed by atoms with E-state index in [1.807, 2.05) is 4.57 Å². The first kappa shape index (κ1) is 15.0. The number of hydrogen-bond donors (Lipinski definition) is 1. The maximum absolute atomic E-state index is 12.2. The molecule has 112 valence electrons. The molecule has 0 bridgehead atoms. The summed E-state index contributed by atoms with van der Waals surface area (Å²) in [5.41, 5.74) is 0. The van der Waals surface area contributed by atoms with Gasteiger partial charge in [-0.2, -0.15) is 0 Å². The molecule has 0 saturated carbocycles. The molecule has 6 heteroatoms. The molecular weight excluding hydrogens is 254 g/mol. The van der Waals surface area contributed by atoms with Crippen LogP contribution < -0.4 is 5.32 Å². The van der Waals surface area contributed by atoms with E-state index in [4.69, 9.17) is 0 Å². The molecule has 0 aromatic carbocycles. The van der Waals surface area contributed by atoms with Gasteiger partial charge in [0, 0.05) is 25.7 Å². The SMILES string of the molecule is CC(C)N1CCC[C@@H](C(=O)NCCCn2cnnc2)C1. The zero-order valence-electron chi connectivity index (χ0n) is 12.5. The van der Waals surface area contributed by atoms with E-state index < -0.39 is 0 Å². The molecule has 2 heterocycles. The fourth-order valence-electron chi connectivity index (χ4n) is 2.64. The lowest BCUT2D eigenvalue weighted by molar-refractivity contribution is -0.126. The quantitative estimate of drug-likeness (QED) is 0.786. The minimum absolute atomic E-state index is 0.154. The first-order valence-electron chi connectivity index (χ1n) is 7.51. The summed E-state index contributed by atoms with van der Waals surface area (Å²) in [5.74, 6) is 0.361. The highest BCUT2D eigenvalue weighted by atomic mass is 16.1. The largest absolute Gasteiger partial charge is 0.356 e. The molecule has 20 heavy (non-hydrogen) atoms.